The molecule has 1 aromatic rings. The summed E-state index contributed by atoms with van der Waals surface area (Å²) in [4.78, 5) is 11.9. The number of rotatable bonds is 2. The van der Waals surface area contributed by atoms with Gasteiger partial charge < -0.3 is 9.47 Å². The Morgan fingerprint density at radius 2 is 2.38 bits per heavy atom. The molecule has 1 atom stereocenters. The summed E-state index contributed by atoms with van der Waals surface area (Å²) in [5, 5.41) is 0. The largest absolute Gasteiger partial charge is 0.491 e. The monoisotopic (exact) mass is 284 g/mol. The second-order valence-electron chi connectivity index (χ2n) is 3.83. The summed E-state index contributed by atoms with van der Waals surface area (Å²) in [5.41, 5.74) is 0.268. The van der Waals surface area contributed by atoms with Crippen LogP contribution >= 0.6 is 15.9 Å². The molecule has 2 rings (SSSR count). The fourth-order valence-electron chi connectivity index (χ4n) is 2.11. The van der Waals surface area contributed by atoms with Crippen LogP contribution in [-0.2, 0) is 14.9 Å². The quantitative estimate of drug-likeness (QED) is 0.784. The van der Waals surface area contributed by atoms with Crippen LogP contribution in [0.4, 0.5) is 0 Å². The van der Waals surface area contributed by atoms with Gasteiger partial charge in [0.2, 0.25) is 0 Å². The molecule has 3 nitrogen and oxygen atoms in total. The van der Waals surface area contributed by atoms with E-state index in [0.29, 0.717) is 13.0 Å². The van der Waals surface area contributed by atoms with Gasteiger partial charge in [0, 0.05) is 5.56 Å². The van der Waals surface area contributed by atoms with E-state index in [1.807, 2.05) is 25.1 Å². The molecule has 0 radical (unpaired) electrons. The normalized spacial score (nSPS) is 22.4. The smallest absolute Gasteiger partial charge is 0.319 e. The Morgan fingerprint density at radius 1 is 1.62 bits per heavy atom. The first kappa shape index (κ1) is 11.5. The average molecular weight is 285 g/mol. The zero-order chi connectivity index (χ0) is 11.8. The minimum Gasteiger partial charge on any atom is -0.491 e. The fourth-order valence-corrected chi connectivity index (χ4v) is 2.59. The molecule has 1 aliphatic heterocycles. The molecule has 86 valence electrons. The molecule has 1 unspecified atom stereocenters. The van der Waals surface area contributed by atoms with Gasteiger partial charge in [-0.05, 0) is 28.4 Å². The molecule has 0 aromatic heterocycles. The second-order valence-corrected chi connectivity index (χ2v) is 4.69. The number of carbonyl (C=O) groups excluding carboxylic acids is 1. The standard InChI is InChI=1S/C12H13BrO3/c1-3-12(11(14)15-2)7-16-10-8(12)5-4-6-9(10)13/h4-6H,3,7H2,1-2H3. The van der Waals surface area contributed by atoms with E-state index >= 15 is 0 Å². The van der Waals surface area contributed by atoms with Gasteiger partial charge in [-0.2, -0.15) is 0 Å². The lowest BCUT2D eigenvalue weighted by atomic mass is 9.80. The molecule has 0 fully saturated rings. The van der Waals surface area contributed by atoms with Gasteiger partial charge >= 0.3 is 5.97 Å². The van der Waals surface area contributed by atoms with Crippen molar-refractivity contribution < 1.29 is 14.3 Å². The first-order chi connectivity index (χ1) is 7.65. The van der Waals surface area contributed by atoms with Crippen molar-refractivity contribution in [1.29, 1.82) is 0 Å². The predicted octanol–water partition coefficient (Wildman–Crippen LogP) is 2.66. The Balaban J connectivity index is 2.56. The molecule has 0 spiro atoms. The van der Waals surface area contributed by atoms with Crippen molar-refractivity contribution in [3.8, 4) is 5.75 Å². The highest BCUT2D eigenvalue weighted by Crippen LogP contribution is 2.45. The summed E-state index contributed by atoms with van der Waals surface area (Å²) in [6.45, 7) is 2.32. The number of para-hydroxylation sites is 1. The third-order valence-corrected chi connectivity index (χ3v) is 3.75. The van der Waals surface area contributed by atoms with E-state index in [4.69, 9.17) is 9.47 Å². The van der Waals surface area contributed by atoms with E-state index in [1.54, 1.807) is 0 Å². The molecule has 1 aromatic carbocycles. The van der Waals surface area contributed by atoms with Crippen LogP contribution < -0.4 is 4.74 Å². The number of esters is 1. The first-order valence-corrected chi connectivity index (χ1v) is 5.95. The van der Waals surface area contributed by atoms with Crippen LogP contribution in [-0.4, -0.2) is 19.7 Å². The van der Waals surface area contributed by atoms with Gasteiger partial charge in [0.1, 0.15) is 17.8 Å². The van der Waals surface area contributed by atoms with Crippen molar-refractivity contribution in [2.24, 2.45) is 0 Å². The van der Waals surface area contributed by atoms with Crippen LogP contribution in [0.1, 0.15) is 18.9 Å². The number of hydrogen-bond acceptors (Lipinski definition) is 3. The van der Waals surface area contributed by atoms with Crippen molar-refractivity contribution in [2.75, 3.05) is 13.7 Å². The molecule has 0 aliphatic carbocycles. The van der Waals surface area contributed by atoms with Crippen LogP contribution in [0.2, 0.25) is 0 Å². The summed E-state index contributed by atoms with van der Waals surface area (Å²) < 4.78 is 11.4. The van der Waals surface area contributed by atoms with E-state index < -0.39 is 5.41 Å². The number of fused-ring (bicyclic) bond motifs is 1. The Kier molecular flexibility index (Phi) is 2.93. The topological polar surface area (TPSA) is 35.5 Å². The number of carbonyl (C=O) groups is 1. The molecular weight excluding hydrogens is 272 g/mol. The van der Waals surface area contributed by atoms with E-state index in [0.717, 1.165) is 15.8 Å². The highest BCUT2D eigenvalue weighted by molar-refractivity contribution is 9.10. The first-order valence-electron chi connectivity index (χ1n) is 5.16. The van der Waals surface area contributed by atoms with E-state index in [1.165, 1.54) is 7.11 Å². The van der Waals surface area contributed by atoms with Crippen LogP contribution in [0.3, 0.4) is 0 Å². The van der Waals surface area contributed by atoms with Gasteiger partial charge in [0.15, 0.2) is 0 Å². The molecule has 1 aliphatic rings. The van der Waals surface area contributed by atoms with Gasteiger partial charge in [0.25, 0.3) is 0 Å². The highest BCUT2D eigenvalue weighted by Gasteiger charge is 2.47. The van der Waals surface area contributed by atoms with E-state index in [-0.39, 0.29) is 5.97 Å². The summed E-state index contributed by atoms with van der Waals surface area (Å²) in [6.07, 6.45) is 0.670. The highest BCUT2D eigenvalue weighted by atomic mass is 79.9. The molecule has 0 N–H and O–H groups in total. The maximum Gasteiger partial charge on any atom is 0.319 e. The van der Waals surface area contributed by atoms with Gasteiger partial charge in [-0.1, -0.05) is 19.1 Å². The maximum absolute atomic E-state index is 11.9. The van der Waals surface area contributed by atoms with Gasteiger partial charge in [-0.3, -0.25) is 4.79 Å². The third-order valence-electron chi connectivity index (χ3n) is 3.13. The van der Waals surface area contributed by atoms with Crippen molar-refractivity contribution in [1.82, 2.24) is 0 Å². The predicted molar refractivity (Wildman–Crippen MR) is 63.6 cm³/mol. The SMILES string of the molecule is CCC1(C(=O)OC)COc2c(Br)cccc21. The number of methoxy groups -OCH3 is 1. The van der Waals surface area contributed by atoms with E-state index in [9.17, 15) is 4.79 Å². The molecule has 4 heteroatoms. The zero-order valence-electron chi connectivity index (χ0n) is 9.25. The molecule has 1 heterocycles. The van der Waals surface area contributed by atoms with Crippen molar-refractivity contribution in [2.45, 2.75) is 18.8 Å². The number of ether oxygens (including phenoxy) is 2. The third kappa shape index (κ3) is 1.44. The van der Waals surface area contributed by atoms with Crippen molar-refractivity contribution >= 4 is 21.9 Å². The molecule has 0 saturated carbocycles. The lowest BCUT2D eigenvalue weighted by molar-refractivity contribution is -0.148. The van der Waals surface area contributed by atoms with Gasteiger partial charge in [-0.25, -0.2) is 0 Å². The molecule has 0 amide bonds. The summed E-state index contributed by atoms with van der Waals surface area (Å²) in [5.74, 6) is 0.529. The van der Waals surface area contributed by atoms with E-state index in [2.05, 4.69) is 15.9 Å². The summed E-state index contributed by atoms with van der Waals surface area (Å²) >= 11 is 3.42. The summed E-state index contributed by atoms with van der Waals surface area (Å²) in [6, 6.07) is 5.74. The Labute approximate surface area is 103 Å². The van der Waals surface area contributed by atoms with Crippen LogP contribution in [0.15, 0.2) is 22.7 Å². The number of hydrogen-bond donors (Lipinski definition) is 0. The lowest BCUT2D eigenvalue weighted by Gasteiger charge is -2.22. The number of halogens is 1. The van der Waals surface area contributed by atoms with Crippen molar-refractivity contribution in [3.63, 3.8) is 0 Å². The van der Waals surface area contributed by atoms with Crippen LogP contribution in [0.25, 0.3) is 0 Å². The minimum atomic E-state index is -0.645. The lowest BCUT2D eigenvalue weighted by Crippen LogP contribution is -2.37. The molecule has 0 saturated heterocycles. The van der Waals surface area contributed by atoms with Crippen molar-refractivity contribution in [3.05, 3.63) is 28.2 Å². The van der Waals surface area contributed by atoms with Crippen LogP contribution in [0.5, 0.6) is 5.75 Å². The number of benzene rings is 1. The fraction of sp³-hybridized carbons (Fsp3) is 0.417. The zero-order valence-corrected chi connectivity index (χ0v) is 10.8. The van der Waals surface area contributed by atoms with Gasteiger partial charge in [0.05, 0.1) is 11.6 Å². The Bertz CT molecular complexity index is 430. The van der Waals surface area contributed by atoms with Crippen LogP contribution in [0, 0.1) is 0 Å². The Morgan fingerprint density at radius 3 is 3.00 bits per heavy atom. The average Bonchev–Trinajstić information content (AvgIpc) is 2.69. The second kappa shape index (κ2) is 4.09. The Hall–Kier alpha value is -1.03. The molecule has 16 heavy (non-hydrogen) atoms. The molecule has 0 bridgehead atoms. The minimum absolute atomic E-state index is 0.230. The summed E-state index contributed by atoms with van der Waals surface area (Å²) in [7, 11) is 1.41. The van der Waals surface area contributed by atoms with Gasteiger partial charge in [-0.15, -0.1) is 0 Å². The molecular formula is C12H13BrO3. The maximum atomic E-state index is 11.9.